The van der Waals surface area contributed by atoms with Crippen LogP contribution in [0.15, 0.2) is 34.2 Å². The molecule has 0 aliphatic carbocycles. The second-order valence-electron chi connectivity index (χ2n) is 6.80. The topological polar surface area (TPSA) is 91.2 Å². The van der Waals surface area contributed by atoms with Gasteiger partial charge >= 0.3 is 0 Å². The van der Waals surface area contributed by atoms with E-state index in [0.29, 0.717) is 23.0 Å². The standard InChI is InChI=1S/C20H24N4O3S/c1-13-11-24(12-14(2)27-13)8-9-26-16-6-4-15(5-7-16)18-17(10-21)19(25)23-20(22-18)28-3/h4-7,13-14H,8-9,11-12H2,1-3H3,(H,22,23,25). The molecule has 0 bridgehead atoms. The maximum absolute atomic E-state index is 12.1. The lowest BCUT2D eigenvalue weighted by atomic mass is 10.1. The van der Waals surface area contributed by atoms with E-state index >= 15 is 0 Å². The van der Waals surface area contributed by atoms with E-state index in [-0.39, 0.29) is 17.8 Å². The molecule has 1 aromatic carbocycles. The second-order valence-corrected chi connectivity index (χ2v) is 7.60. The number of hydrogen-bond acceptors (Lipinski definition) is 7. The molecule has 1 aliphatic rings. The summed E-state index contributed by atoms with van der Waals surface area (Å²) in [7, 11) is 0. The minimum atomic E-state index is -0.425. The zero-order chi connectivity index (χ0) is 20.1. The summed E-state index contributed by atoms with van der Waals surface area (Å²) in [5, 5.41) is 9.78. The maximum atomic E-state index is 12.1. The number of nitriles is 1. The second kappa shape index (κ2) is 9.24. The number of thioether (sulfide) groups is 1. The first kappa shape index (κ1) is 20.4. The fraction of sp³-hybridized carbons (Fsp3) is 0.450. The number of nitrogens with zero attached hydrogens (tertiary/aromatic N) is 3. The van der Waals surface area contributed by atoms with Gasteiger partial charge in [0.05, 0.1) is 17.9 Å². The number of H-pyrrole nitrogens is 1. The van der Waals surface area contributed by atoms with E-state index in [1.54, 1.807) is 0 Å². The van der Waals surface area contributed by atoms with Crippen LogP contribution in [0.2, 0.25) is 0 Å². The molecule has 2 aromatic rings. The summed E-state index contributed by atoms with van der Waals surface area (Å²) in [6.45, 7) is 7.42. The smallest absolute Gasteiger partial charge is 0.270 e. The van der Waals surface area contributed by atoms with Crippen LogP contribution in [-0.2, 0) is 4.74 Å². The highest BCUT2D eigenvalue weighted by molar-refractivity contribution is 7.98. The zero-order valence-electron chi connectivity index (χ0n) is 16.3. The summed E-state index contributed by atoms with van der Waals surface area (Å²) in [4.78, 5) is 21.4. The van der Waals surface area contributed by atoms with Gasteiger partial charge in [-0.05, 0) is 44.4 Å². The summed E-state index contributed by atoms with van der Waals surface area (Å²) in [6.07, 6.45) is 2.30. The first-order valence-corrected chi connectivity index (χ1v) is 10.4. The number of aromatic nitrogens is 2. The highest BCUT2D eigenvalue weighted by Gasteiger charge is 2.21. The van der Waals surface area contributed by atoms with E-state index in [4.69, 9.17) is 9.47 Å². The maximum Gasteiger partial charge on any atom is 0.270 e. The Morgan fingerprint density at radius 3 is 2.61 bits per heavy atom. The minimum absolute atomic E-state index is 0.0158. The Morgan fingerprint density at radius 1 is 1.32 bits per heavy atom. The van der Waals surface area contributed by atoms with Gasteiger partial charge in [-0.25, -0.2) is 4.98 Å². The molecule has 2 unspecified atom stereocenters. The molecule has 0 amide bonds. The van der Waals surface area contributed by atoms with Crippen LogP contribution < -0.4 is 10.3 Å². The van der Waals surface area contributed by atoms with E-state index in [1.807, 2.05) is 36.6 Å². The molecule has 2 heterocycles. The molecule has 0 radical (unpaired) electrons. The molecule has 3 rings (SSSR count). The van der Waals surface area contributed by atoms with Gasteiger partial charge in [0.2, 0.25) is 0 Å². The Kier molecular flexibility index (Phi) is 6.73. The van der Waals surface area contributed by atoms with Crippen LogP contribution in [0.1, 0.15) is 19.4 Å². The first-order valence-electron chi connectivity index (χ1n) is 9.19. The van der Waals surface area contributed by atoms with Crippen LogP contribution in [0.4, 0.5) is 0 Å². The highest BCUT2D eigenvalue weighted by Crippen LogP contribution is 2.24. The van der Waals surface area contributed by atoms with Crippen molar-refractivity contribution < 1.29 is 9.47 Å². The Bertz CT molecular complexity index is 897. The van der Waals surface area contributed by atoms with Crippen molar-refractivity contribution in [1.29, 1.82) is 5.26 Å². The molecule has 28 heavy (non-hydrogen) atoms. The van der Waals surface area contributed by atoms with Gasteiger partial charge < -0.3 is 14.5 Å². The van der Waals surface area contributed by atoms with Crippen molar-refractivity contribution in [3.8, 4) is 23.1 Å². The van der Waals surface area contributed by atoms with Crippen LogP contribution in [0.5, 0.6) is 5.75 Å². The number of morpholine rings is 1. The fourth-order valence-corrected chi connectivity index (χ4v) is 3.71. The van der Waals surface area contributed by atoms with Crippen molar-refractivity contribution in [3.05, 3.63) is 40.2 Å². The van der Waals surface area contributed by atoms with Crippen LogP contribution in [0.3, 0.4) is 0 Å². The van der Waals surface area contributed by atoms with E-state index in [0.717, 1.165) is 25.4 Å². The highest BCUT2D eigenvalue weighted by atomic mass is 32.2. The molecular formula is C20H24N4O3S. The Labute approximate surface area is 168 Å². The molecular weight excluding hydrogens is 376 g/mol. The minimum Gasteiger partial charge on any atom is -0.492 e. The zero-order valence-corrected chi connectivity index (χ0v) is 17.1. The van der Waals surface area contributed by atoms with Crippen molar-refractivity contribution in [2.75, 3.05) is 32.5 Å². The first-order chi connectivity index (χ1) is 13.5. The van der Waals surface area contributed by atoms with Crippen molar-refractivity contribution in [2.45, 2.75) is 31.2 Å². The SMILES string of the molecule is CSc1nc(-c2ccc(OCCN3CC(C)OC(C)C3)cc2)c(C#N)c(=O)[nH]1. The van der Waals surface area contributed by atoms with E-state index in [1.165, 1.54) is 11.8 Å². The van der Waals surface area contributed by atoms with E-state index in [9.17, 15) is 10.1 Å². The summed E-state index contributed by atoms with van der Waals surface area (Å²) in [5.74, 6) is 0.742. The van der Waals surface area contributed by atoms with Gasteiger partial charge in [-0.3, -0.25) is 9.69 Å². The number of hydrogen-bond donors (Lipinski definition) is 1. The summed E-state index contributed by atoms with van der Waals surface area (Å²) < 4.78 is 11.6. The van der Waals surface area contributed by atoms with Gasteiger partial charge in [0.25, 0.3) is 5.56 Å². The van der Waals surface area contributed by atoms with Gasteiger partial charge in [0.1, 0.15) is 24.0 Å². The predicted octanol–water partition coefficient (Wildman–Crippen LogP) is 2.52. The number of benzene rings is 1. The molecule has 1 aromatic heterocycles. The monoisotopic (exact) mass is 400 g/mol. The van der Waals surface area contributed by atoms with Crippen LogP contribution >= 0.6 is 11.8 Å². The Hall–Kier alpha value is -2.34. The van der Waals surface area contributed by atoms with Crippen LogP contribution in [0.25, 0.3) is 11.3 Å². The molecule has 2 atom stereocenters. The van der Waals surface area contributed by atoms with Crippen molar-refractivity contribution >= 4 is 11.8 Å². The van der Waals surface area contributed by atoms with Gasteiger partial charge in [0.15, 0.2) is 5.16 Å². The predicted molar refractivity (Wildman–Crippen MR) is 109 cm³/mol. The number of aromatic amines is 1. The van der Waals surface area contributed by atoms with Gasteiger partial charge in [0, 0.05) is 25.2 Å². The summed E-state index contributed by atoms with van der Waals surface area (Å²) >= 11 is 1.32. The molecule has 1 aliphatic heterocycles. The third-order valence-corrected chi connectivity index (χ3v) is 5.08. The number of rotatable bonds is 6. The fourth-order valence-electron chi connectivity index (χ4n) is 3.33. The average molecular weight is 401 g/mol. The van der Waals surface area contributed by atoms with E-state index < -0.39 is 5.56 Å². The molecule has 1 N–H and O–H groups in total. The number of ether oxygens (including phenoxy) is 2. The summed E-state index contributed by atoms with van der Waals surface area (Å²) in [5.41, 5.74) is 0.688. The third kappa shape index (κ3) is 4.93. The van der Waals surface area contributed by atoms with Crippen molar-refractivity contribution in [1.82, 2.24) is 14.9 Å². The molecule has 8 heteroatoms. The van der Waals surface area contributed by atoms with Crippen LogP contribution in [-0.4, -0.2) is 59.6 Å². The molecule has 0 spiro atoms. The van der Waals surface area contributed by atoms with Crippen molar-refractivity contribution in [2.24, 2.45) is 0 Å². The van der Waals surface area contributed by atoms with Crippen LogP contribution in [0, 0.1) is 11.3 Å². The quantitative estimate of drug-likeness (QED) is 0.588. The summed E-state index contributed by atoms with van der Waals surface area (Å²) in [6, 6.07) is 9.26. The third-order valence-electron chi connectivity index (χ3n) is 4.50. The lowest BCUT2D eigenvalue weighted by Gasteiger charge is -2.35. The largest absolute Gasteiger partial charge is 0.492 e. The Morgan fingerprint density at radius 2 is 2.00 bits per heavy atom. The van der Waals surface area contributed by atoms with Crippen molar-refractivity contribution in [3.63, 3.8) is 0 Å². The molecule has 0 saturated carbocycles. The molecule has 1 fully saturated rings. The van der Waals surface area contributed by atoms with Gasteiger partial charge in [-0.1, -0.05) is 11.8 Å². The molecule has 7 nitrogen and oxygen atoms in total. The normalized spacial score (nSPS) is 19.9. The van der Waals surface area contributed by atoms with E-state index in [2.05, 4.69) is 28.7 Å². The molecule has 1 saturated heterocycles. The molecule has 148 valence electrons. The van der Waals surface area contributed by atoms with Gasteiger partial charge in [-0.2, -0.15) is 5.26 Å². The Balaban J connectivity index is 1.65. The lowest BCUT2D eigenvalue weighted by molar-refractivity contribution is -0.0699. The average Bonchev–Trinajstić information content (AvgIpc) is 2.67. The number of nitrogens with one attached hydrogen (secondary N) is 1. The lowest BCUT2D eigenvalue weighted by Crippen LogP contribution is -2.46. The van der Waals surface area contributed by atoms with Gasteiger partial charge in [-0.15, -0.1) is 0 Å².